The van der Waals surface area contributed by atoms with Gasteiger partial charge in [0, 0.05) is 43.7 Å². The van der Waals surface area contributed by atoms with Gasteiger partial charge in [0.15, 0.2) is 5.76 Å². The summed E-state index contributed by atoms with van der Waals surface area (Å²) in [6.07, 6.45) is 3.46. The van der Waals surface area contributed by atoms with Crippen molar-refractivity contribution in [2.24, 2.45) is 5.92 Å². The van der Waals surface area contributed by atoms with Gasteiger partial charge in [-0.25, -0.2) is 0 Å². The number of hydrogen-bond acceptors (Lipinski definition) is 6. The molecule has 0 spiro atoms. The van der Waals surface area contributed by atoms with Crippen LogP contribution < -0.4 is 9.64 Å². The Hall–Kier alpha value is -3.23. The lowest BCUT2D eigenvalue weighted by Crippen LogP contribution is -2.49. The highest BCUT2D eigenvalue weighted by Crippen LogP contribution is 2.56. The zero-order valence-corrected chi connectivity index (χ0v) is 23.8. The Kier molecular flexibility index (Phi) is 8.33. The largest absolute Gasteiger partial charge is 0.493 e. The van der Waals surface area contributed by atoms with Gasteiger partial charge in [-0.3, -0.25) is 14.5 Å². The van der Waals surface area contributed by atoms with E-state index in [2.05, 4.69) is 24.8 Å². The number of para-hydroxylation sites is 2. The maximum Gasteiger partial charge on any atom is 0.289 e. The van der Waals surface area contributed by atoms with Gasteiger partial charge in [-0.2, -0.15) is 0 Å². The molecule has 3 heterocycles. The fourth-order valence-corrected chi connectivity index (χ4v) is 7.03. The van der Waals surface area contributed by atoms with Crippen molar-refractivity contribution in [2.45, 2.75) is 36.3 Å². The summed E-state index contributed by atoms with van der Waals surface area (Å²) in [7, 11) is 1.87. The number of rotatable bonds is 9. The Morgan fingerprint density at radius 3 is 2.49 bits per heavy atom. The second kappa shape index (κ2) is 11.9. The Morgan fingerprint density at radius 1 is 1.00 bits per heavy atom. The first-order valence-electron chi connectivity index (χ1n) is 13.8. The minimum atomic E-state index is -0.757. The number of benzene rings is 2. The molecule has 39 heavy (non-hydrogen) atoms. The second-order valence-corrected chi connectivity index (χ2v) is 11.8. The van der Waals surface area contributed by atoms with Crippen LogP contribution in [-0.4, -0.2) is 68.0 Å². The van der Waals surface area contributed by atoms with Crippen molar-refractivity contribution in [3.8, 4) is 5.75 Å². The Bertz CT molecular complexity index is 1290. The van der Waals surface area contributed by atoms with Crippen LogP contribution in [0.1, 0.15) is 42.8 Å². The fraction of sp³-hybridized carbons (Fsp3) is 0.419. The molecule has 7 nitrogen and oxygen atoms in total. The molecule has 2 aromatic carbocycles. The van der Waals surface area contributed by atoms with Gasteiger partial charge in [-0.1, -0.05) is 44.2 Å². The third kappa shape index (κ3) is 5.45. The summed E-state index contributed by atoms with van der Waals surface area (Å²) in [6, 6.07) is 19.6. The number of amides is 2. The summed E-state index contributed by atoms with van der Waals surface area (Å²) < 4.78 is 10.8. The van der Waals surface area contributed by atoms with Crippen LogP contribution in [0.5, 0.6) is 5.75 Å². The van der Waals surface area contributed by atoms with Crippen LogP contribution in [0.15, 0.2) is 76.2 Å². The smallest absolute Gasteiger partial charge is 0.289 e. The van der Waals surface area contributed by atoms with Crippen LogP contribution in [0.3, 0.4) is 0 Å². The summed E-state index contributed by atoms with van der Waals surface area (Å²) in [5, 5.41) is 0. The molecule has 1 unspecified atom stereocenters. The van der Waals surface area contributed by atoms with Gasteiger partial charge in [0.25, 0.3) is 5.91 Å². The predicted molar refractivity (Wildman–Crippen MR) is 154 cm³/mol. The topological polar surface area (TPSA) is 66.2 Å². The number of piperazine rings is 1. The molecule has 8 heteroatoms. The quantitative estimate of drug-likeness (QED) is 0.329. The third-order valence-corrected chi connectivity index (χ3v) is 9.49. The van der Waals surface area contributed by atoms with Crippen LogP contribution in [0, 0.1) is 5.92 Å². The van der Waals surface area contributed by atoms with Crippen LogP contribution in [0.2, 0.25) is 0 Å². The van der Waals surface area contributed by atoms with Crippen molar-refractivity contribution in [1.82, 2.24) is 9.80 Å². The van der Waals surface area contributed by atoms with E-state index in [1.54, 1.807) is 28.8 Å². The van der Waals surface area contributed by atoms with E-state index in [0.29, 0.717) is 25.5 Å². The SMILES string of the molecule is CC(C)C1(c2ccccc2OCCCCN2CCN(C(=O)c3ccco3)CC2)Sc2ccccc2N(C)C1=O. The van der Waals surface area contributed by atoms with E-state index in [1.165, 1.54) is 6.26 Å². The molecule has 5 rings (SSSR count). The maximum absolute atomic E-state index is 13.9. The first-order chi connectivity index (χ1) is 18.9. The highest BCUT2D eigenvalue weighted by Gasteiger charge is 2.51. The van der Waals surface area contributed by atoms with Crippen LogP contribution in [-0.2, 0) is 9.54 Å². The van der Waals surface area contributed by atoms with Crippen LogP contribution >= 0.6 is 11.8 Å². The minimum Gasteiger partial charge on any atom is -0.493 e. The van der Waals surface area contributed by atoms with E-state index in [-0.39, 0.29) is 17.7 Å². The fourth-order valence-electron chi connectivity index (χ4n) is 5.49. The highest BCUT2D eigenvalue weighted by atomic mass is 32.2. The van der Waals surface area contributed by atoms with Crippen LogP contribution in [0.25, 0.3) is 0 Å². The molecule has 206 valence electrons. The second-order valence-electron chi connectivity index (χ2n) is 10.5. The number of thioether (sulfide) groups is 1. The number of ether oxygens (including phenoxy) is 1. The molecule has 2 amide bonds. The van der Waals surface area contributed by atoms with Gasteiger partial charge in [0.05, 0.1) is 18.6 Å². The summed E-state index contributed by atoms with van der Waals surface area (Å²) in [4.78, 5) is 33.5. The molecule has 0 N–H and O–H groups in total. The van der Waals surface area contributed by atoms with Crippen molar-refractivity contribution >= 4 is 29.3 Å². The van der Waals surface area contributed by atoms with Crippen molar-refractivity contribution in [3.63, 3.8) is 0 Å². The van der Waals surface area contributed by atoms with Gasteiger partial charge >= 0.3 is 0 Å². The molecule has 2 aliphatic heterocycles. The van der Waals surface area contributed by atoms with Gasteiger partial charge in [0.1, 0.15) is 10.5 Å². The average molecular weight is 548 g/mol. The molecule has 3 aromatic rings. The third-order valence-electron chi connectivity index (χ3n) is 7.74. The number of unbranched alkanes of at least 4 members (excludes halogenated alkanes) is 1. The average Bonchev–Trinajstić information content (AvgIpc) is 3.50. The summed E-state index contributed by atoms with van der Waals surface area (Å²) >= 11 is 1.64. The van der Waals surface area contributed by atoms with E-state index in [1.807, 2.05) is 54.4 Å². The van der Waals surface area contributed by atoms with E-state index in [0.717, 1.165) is 54.4 Å². The van der Waals surface area contributed by atoms with Gasteiger partial charge in [0.2, 0.25) is 5.91 Å². The van der Waals surface area contributed by atoms with E-state index in [9.17, 15) is 9.59 Å². The lowest BCUT2D eigenvalue weighted by atomic mass is 9.85. The number of furan rings is 1. The molecule has 0 saturated carbocycles. The number of carbonyl (C=O) groups excluding carboxylic acids is 2. The first kappa shape index (κ1) is 27.3. The number of likely N-dealkylation sites (N-methyl/N-ethyl adjacent to an activating group) is 1. The Balaban J connectivity index is 1.17. The monoisotopic (exact) mass is 547 g/mol. The van der Waals surface area contributed by atoms with Gasteiger partial charge in [-0.15, -0.1) is 11.8 Å². The molecule has 0 bridgehead atoms. The first-order valence-corrected chi connectivity index (χ1v) is 14.6. The maximum atomic E-state index is 13.9. The normalized spacial score (nSPS) is 19.8. The van der Waals surface area contributed by atoms with Crippen molar-refractivity contribution in [1.29, 1.82) is 0 Å². The zero-order chi connectivity index (χ0) is 27.4. The number of anilines is 1. The van der Waals surface area contributed by atoms with E-state index >= 15 is 0 Å². The summed E-state index contributed by atoms with van der Waals surface area (Å²) in [6.45, 7) is 8.94. The number of carbonyl (C=O) groups is 2. The van der Waals surface area contributed by atoms with Gasteiger partial charge in [-0.05, 0) is 55.6 Å². The lowest BCUT2D eigenvalue weighted by molar-refractivity contribution is -0.122. The van der Waals surface area contributed by atoms with Gasteiger partial charge < -0.3 is 19.0 Å². The predicted octanol–water partition coefficient (Wildman–Crippen LogP) is 5.52. The summed E-state index contributed by atoms with van der Waals surface area (Å²) in [5.41, 5.74) is 1.89. The Labute approximate surface area is 235 Å². The molecule has 1 fully saturated rings. The molecule has 2 aliphatic rings. The van der Waals surface area contributed by atoms with Crippen molar-refractivity contribution in [2.75, 3.05) is 51.3 Å². The standard InChI is InChI=1S/C31H37N3O4S/c1-23(2)31(30(36)32(3)25-12-5-7-15-28(25)39-31)24-11-4-6-13-26(24)37-21-9-8-16-33-17-19-34(20-18-33)29(35)27-14-10-22-38-27/h4-7,10-15,22-23H,8-9,16-21H2,1-3H3. The molecule has 0 aliphatic carbocycles. The molecule has 1 atom stereocenters. The molecule has 1 aromatic heterocycles. The molecular weight excluding hydrogens is 510 g/mol. The lowest BCUT2D eigenvalue weighted by Gasteiger charge is -2.44. The zero-order valence-electron chi connectivity index (χ0n) is 23.0. The van der Waals surface area contributed by atoms with Crippen molar-refractivity contribution < 1.29 is 18.7 Å². The molecular formula is C31H37N3O4S. The summed E-state index contributed by atoms with van der Waals surface area (Å²) in [5.74, 6) is 1.31. The highest BCUT2D eigenvalue weighted by molar-refractivity contribution is 8.01. The number of fused-ring (bicyclic) bond motifs is 1. The number of nitrogens with zero attached hydrogens (tertiary/aromatic N) is 3. The molecule has 1 saturated heterocycles. The number of hydrogen-bond donors (Lipinski definition) is 0. The minimum absolute atomic E-state index is 0.0322. The van der Waals surface area contributed by atoms with E-state index < -0.39 is 4.75 Å². The van der Waals surface area contributed by atoms with Crippen LogP contribution in [0.4, 0.5) is 5.69 Å². The van der Waals surface area contributed by atoms with Crippen molar-refractivity contribution in [3.05, 3.63) is 78.3 Å². The van der Waals surface area contributed by atoms with E-state index in [4.69, 9.17) is 9.15 Å². The Morgan fingerprint density at radius 2 is 1.74 bits per heavy atom. The molecule has 0 radical (unpaired) electrons.